The Labute approximate surface area is 215 Å². The maximum atomic E-state index is 12.1. The largest absolute Gasteiger partial charge is 0.448 e. The first-order valence-corrected chi connectivity index (χ1v) is 12.1. The summed E-state index contributed by atoms with van der Waals surface area (Å²) in [5.74, 6) is 0.180. The fraction of sp³-hybridized carbons (Fsp3) is 0.520. The van der Waals surface area contributed by atoms with Crippen LogP contribution in [0.5, 0.6) is 0 Å². The van der Waals surface area contributed by atoms with Gasteiger partial charge in [-0.05, 0) is 23.6 Å². The number of carbonyl (C=O) groups is 1. The number of aromatic nitrogens is 4. The number of alkyl carbamates (subject to hydrolysis) is 1. The van der Waals surface area contributed by atoms with E-state index >= 15 is 0 Å². The summed E-state index contributed by atoms with van der Waals surface area (Å²) in [5, 5.41) is 24.8. The molecule has 0 unspecified atom stereocenters. The molecular formula is C25H35N7O5. The van der Waals surface area contributed by atoms with Gasteiger partial charge in [-0.2, -0.15) is 0 Å². The monoisotopic (exact) mass is 513 g/mol. The number of aliphatic hydroxyl groups is 2. The lowest BCUT2D eigenvalue weighted by Gasteiger charge is -2.29. The Morgan fingerprint density at radius 2 is 2.03 bits per heavy atom. The number of nitrogen functional groups attached to an aromatic ring is 1. The molecule has 4 rings (SSSR count). The number of nitrogens with zero attached hydrogens (tertiary/aromatic N) is 5. The van der Waals surface area contributed by atoms with E-state index in [0.29, 0.717) is 30.8 Å². The van der Waals surface area contributed by atoms with Gasteiger partial charge in [0.05, 0.1) is 12.9 Å². The third-order valence-corrected chi connectivity index (χ3v) is 6.57. The van der Waals surface area contributed by atoms with Crippen LogP contribution in [0.4, 0.5) is 10.6 Å². The Hall–Kier alpha value is -3.32. The van der Waals surface area contributed by atoms with E-state index in [0.717, 1.165) is 5.56 Å². The molecule has 1 saturated heterocycles. The summed E-state index contributed by atoms with van der Waals surface area (Å²) in [6, 6.07) is 8.13. The number of imidazole rings is 1. The molecular weight excluding hydrogens is 478 g/mol. The molecule has 1 amide bonds. The van der Waals surface area contributed by atoms with Gasteiger partial charge in [-0.3, -0.25) is 4.57 Å². The smallest absolute Gasteiger partial charge is 0.407 e. The van der Waals surface area contributed by atoms with Crippen molar-refractivity contribution in [1.82, 2.24) is 29.7 Å². The van der Waals surface area contributed by atoms with Crippen molar-refractivity contribution in [2.75, 3.05) is 39.1 Å². The van der Waals surface area contributed by atoms with Gasteiger partial charge in [0, 0.05) is 19.6 Å². The molecule has 1 aliphatic heterocycles. The van der Waals surface area contributed by atoms with Crippen LogP contribution in [0.15, 0.2) is 36.9 Å². The minimum atomic E-state index is -1.76. The number of aliphatic hydroxyl groups excluding tert-OH is 1. The summed E-state index contributed by atoms with van der Waals surface area (Å²) in [7, 11) is 1.81. The van der Waals surface area contributed by atoms with Gasteiger partial charge in [-0.25, -0.2) is 19.7 Å². The highest BCUT2D eigenvalue weighted by Gasteiger charge is 2.50. The van der Waals surface area contributed by atoms with E-state index < -0.39 is 24.0 Å². The zero-order valence-corrected chi connectivity index (χ0v) is 21.6. The molecule has 3 aromatic rings. The molecule has 1 aliphatic rings. The molecule has 0 radical (unpaired) electrons. The third-order valence-electron chi connectivity index (χ3n) is 6.57. The first-order chi connectivity index (χ1) is 17.5. The molecule has 3 atom stereocenters. The van der Waals surface area contributed by atoms with Gasteiger partial charge in [-0.1, -0.05) is 45.0 Å². The molecule has 0 aliphatic carbocycles. The lowest BCUT2D eigenvalue weighted by Crippen LogP contribution is -2.48. The number of carbonyl (C=O) groups excluding carboxylic acids is 1. The SMILES string of the molecule is CN(CCOC(=O)NCc1ccc(C(C)(C)C)cc1)C[C@H]1OC[C@](O)(n2cnc3c(N)ncnc32)[C@@H]1O. The van der Waals surface area contributed by atoms with Gasteiger partial charge >= 0.3 is 6.09 Å². The van der Waals surface area contributed by atoms with E-state index in [9.17, 15) is 15.0 Å². The van der Waals surface area contributed by atoms with Crippen LogP contribution in [0.25, 0.3) is 11.2 Å². The number of rotatable bonds is 8. The molecule has 37 heavy (non-hydrogen) atoms. The molecule has 200 valence electrons. The lowest BCUT2D eigenvalue weighted by molar-refractivity contribution is -0.108. The predicted octanol–water partition coefficient (Wildman–Crippen LogP) is 0.969. The maximum Gasteiger partial charge on any atom is 0.407 e. The predicted molar refractivity (Wildman–Crippen MR) is 137 cm³/mol. The van der Waals surface area contributed by atoms with Gasteiger partial charge in [0.2, 0.25) is 0 Å². The second-order valence-corrected chi connectivity index (χ2v) is 10.4. The van der Waals surface area contributed by atoms with Crippen molar-refractivity contribution in [2.45, 2.75) is 50.7 Å². The molecule has 1 aromatic carbocycles. The fourth-order valence-electron chi connectivity index (χ4n) is 4.25. The number of hydrogen-bond acceptors (Lipinski definition) is 10. The molecule has 0 spiro atoms. The molecule has 0 bridgehead atoms. The standard InChI is InChI=1S/C25H35N7O5/c1-24(2,3)17-7-5-16(6-8-17)11-27-23(34)36-10-9-31(4)12-18-20(33)25(35,13-37-18)32-15-30-19-21(26)28-14-29-22(19)32/h5-8,14-15,18,20,33,35H,9-13H2,1-4H3,(H,27,34)(H2,26,28,29)/t18-,20-,25-/m1/s1. The molecule has 12 nitrogen and oxygen atoms in total. The number of benzene rings is 1. The second kappa shape index (κ2) is 10.6. The highest BCUT2D eigenvalue weighted by Crippen LogP contribution is 2.32. The van der Waals surface area contributed by atoms with Crippen molar-refractivity contribution in [2.24, 2.45) is 0 Å². The summed E-state index contributed by atoms with van der Waals surface area (Å²) in [6.45, 7) is 7.55. The first-order valence-electron chi connectivity index (χ1n) is 12.1. The number of amides is 1. The Balaban J connectivity index is 1.22. The summed E-state index contributed by atoms with van der Waals surface area (Å²) in [5.41, 5.74) is 6.99. The van der Waals surface area contributed by atoms with E-state index in [2.05, 4.69) is 53.2 Å². The quantitative estimate of drug-likeness (QED) is 0.342. The molecule has 0 saturated carbocycles. The number of anilines is 1. The summed E-state index contributed by atoms with van der Waals surface area (Å²) < 4.78 is 12.4. The van der Waals surface area contributed by atoms with Crippen molar-refractivity contribution in [1.29, 1.82) is 0 Å². The van der Waals surface area contributed by atoms with Crippen LogP contribution < -0.4 is 11.1 Å². The number of nitrogens with one attached hydrogen (secondary N) is 1. The molecule has 1 fully saturated rings. The van der Waals surface area contributed by atoms with E-state index in [4.69, 9.17) is 15.2 Å². The highest BCUT2D eigenvalue weighted by molar-refractivity contribution is 5.81. The molecule has 5 N–H and O–H groups in total. The lowest BCUT2D eigenvalue weighted by atomic mass is 9.87. The highest BCUT2D eigenvalue weighted by atomic mass is 16.6. The van der Waals surface area contributed by atoms with Crippen molar-refractivity contribution < 1.29 is 24.5 Å². The van der Waals surface area contributed by atoms with Gasteiger partial charge in [0.15, 0.2) is 17.2 Å². The Bertz CT molecular complexity index is 1230. The summed E-state index contributed by atoms with van der Waals surface area (Å²) >= 11 is 0. The van der Waals surface area contributed by atoms with E-state index in [1.165, 1.54) is 22.8 Å². The van der Waals surface area contributed by atoms with Crippen LogP contribution in [0.3, 0.4) is 0 Å². The van der Waals surface area contributed by atoms with E-state index in [1.54, 1.807) is 0 Å². The van der Waals surface area contributed by atoms with Crippen LogP contribution in [-0.4, -0.2) is 86.3 Å². The van der Waals surface area contributed by atoms with Gasteiger partial charge in [0.25, 0.3) is 0 Å². The Morgan fingerprint density at radius 3 is 2.73 bits per heavy atom. The van der Waals surface area contributed by atoms with Gasteiger partial charge in [0.1, 0.15) is 30.7 Å². The molecule has 3 heterocycles. The van der Waals surface area contributed by atoms with Crippen LogP contribution in [-0.2, 0) is 27.2 Å². The fourth-order valence-corrected chi connectivity index (χ4v) is 4.25. The van der Waals surface area contributed by atoms with Crippen molar-refractivity contribution in [3.05, 3.63) is 48.0 Å². The minimum absolute atomic E-state index is 0.0759. The van der Waals surface area contributed by atoms with Crippen LogP contribution in [0, 0.1) is 0 Å². The van der Waals surface area contributed by atoms with Crippen molar-refractivity contribution >= 4 is 23.1 Å². The number of ether oxygens (including phenoxy) is 2. The average molecular weight is 514 g/mol. The summed E-state index contributed by atoms with van der Waals surface area (Å²) in [4.78, 5) is 26.1. The molecule has 2 aromatic heterocycles. The van der Waals surface area contributed by atoms with Crippen molar-refractivity contribution in [3.8, 4) is 0 Å². The summed E-state index contributed by atoms with van der Waals surface area (Å²) in [6.07, 6.45) is 0.188. The number of hydrogen-bond donors (Lipinski definition) is 4. The minimum Gasteiger partial charge on any atom is -0.448 e. The topological polar surface area (TPSA) is 161 Å². The Kier molecular flexibility index (Phi) is 7.64. The zero-order chi connectivity index (χ0) is 26.8. The van der Waals surface area contributed by atoms with Crippen LogP contribution >= 0.6 is 0 Å². The zero-order valence-electron chi connectivity index (χ0n) is 21.6. The molecule has 12 heteroatoms. The second-order valence-electron chi connectivity index (χ2n) is 10.4. The third kappa shape index (κ3) is 5.82. The van der Waals surface area contributed by atoms with Crippen LogP contribution in [0.1, 0.15) is 31.9 Å². The van der Waals surface area contributed by atoms with Gasteiger partial charge in [-0.15, -0.1) is 0 Å². The van der Waals surface area contributed by atoms with Crippen molar-refractivity contribution in [3.63, 3.8) is 0 Å². The van der Waals surface area contributed by atoms with E-state index in [1.807, 2.05) is 24.1 Å². The number of likely N-dealkylation sites (N-methyl/N-ethyl adjacent to an activating group) is 1. The number of nitrogens with two attached hydrogens (primary N) is 1. The normalized spacial score (nSPS) is 22.0. The Morgan fingerprint density at radius 1 is 1.30 bits per heavy atom. The van der Waals surface area contributed by atoms with Gasteiger partial charge < -0.3 is 35.6 Å². The van der Waals surface area contributed by atoms with E-state index in [-0.39, 0.29) is 24.4 Å². The first kappa shape index (κ1) is 26.7. The average Bonchev–Trinajstić information content (AvgIpc) is 3.41. The van der Waals surface area contributed by atoms with Crippen LogP contribution in [0.2, 0.25) is 0 Å². The number of fused-ring (bicyclic) bond motifs is 1. The maximum absolute atomic E-state index is 12.1.